The number of ether oxygens (including phenoxy) is 1. The van der Waals surface area contributed by atoms with E-state index >= 15 is 0 Å². The van der Waals surface area contributed by atoms with Crippen LogP contribution in [0.25, 0.3) is 0 Å². The molecule has 198 valence electrons. The number of sulfonamides is 1. The van der Waals surface area contributed by atoms with Gasteiger partial charge in [0.25, 0.3) is 0 Å². The lowest BCUT2D eigenvalue weighted by Gasteiger charge is -2.30. The monoisotopic (exact) mass is 517 g/mol. The zero-order chi connectivity index (χ0) is 26.9. The van der Waals surface area contributed by atoms with Gasteiger partial charge in [-0.05, 0) is 69.0 Å². The fourth-order valence-electron chi connectivity index (χ4n) is 3.76. The number of benzene rings is 2. The summed E-state index contributed by atoms with van der Waals surface area (Å²) in [7, 11) is -1.94. The van der Waals surface area contributed by atoms with Crippen molar-refractivity contribution in [1.29, 1.82) is 0 Å². The van der Waals surface area contributed by atoms with Crippen molar-refractivity contribution < 1.29 is 22.7 Å². The van der Waals surface area contributed by atoms with E-state index < -0.39 is 16.1 Å². The highest BCUT2D eigenvalue weighted by Gasteiger charge is 2.27. The fourth-order valence-corrected chi connectivity index (χ4v) is 4.72. The van der Waals surface area contributed by atoms with Gasteiger partial charge in [0.15, 0.2) is 0 Å². The highest BCUT2D eigenvalue weighted by Crippen LogP contribution is 2.21. The Balaban J connectivity index is 2.18. The van der Waals surface area contributed by atoms with Gasteiger partial charge in [-0.1, -0.05) is 31.2 Å². The Morgan fingerprint density at radius 2 is 1.75 bits per heavy atom. The number of hydrogen-bond donors (Lipinski definition) is 1. The van der Waals surface area contributed by atoms with Gasteiger partial charge in [-0.2, -0.15) is 0 Å². The van der Waals surface area contributed by atoms with Crippen LogP contribution in [0.1, 0.15) is 51.2 Å². The number of nitrogens with one attached hydrogen (secondary N) is 1. The van der Waals surface area contributed by atoms with Gasteiger partial charge in [0, 0.05) is 25.6 Å². The van der Waals surface area contributed by atoms with E-state index in [1.165, 1.54) is 4.31 Å². The Morgan fingerprint density at radius 1 is 1.08 bits per heavy atom. The van der Waals surface area contributed by atoms with E-state index in [2.05, 4.69) is 5.32 Å². The molecule has 2 atom stereocenters. The first kappa shape index (κ1) is 29.2. The third-order valence-corrected chi connectivity index (χ3v) is 7.32. The minimum Gasteiger partial charge on any atom is -0.497 e. The molecule has 0 spiro atoms. The molecule has 0 bridgehead atoms. The summed E-state index contributed by atoms with van der Waals surface area (Å²) >= 11 is 0. The number of anilines is 1. The van der Waals surface area contributed by atoms with Gasteiger partial charge < -0.3 is 15.0 Å². The molecule has 2 aromatic rings. The second-order valence-electron chi connectivity index (χ2n) is 9.14. The van der Waals surface area contributed by atoms with E-state index in [1.54, 1.807) is 31.1 Å². The Labute approximate surface area is 215 Å². The van der Waals surface area contributed by atoms with Crippen LogP contribution >= 0.6 is 0 Å². The summed E-state index contributed by atoms with van der Waals surface area (Å²) in [6.45, 7) is 7.94. The minimum atomic E-state index is -3.52. The van der Waals surface area contributed by atoms with Crippen LogP contribution < -0.4 is 14.4 Å². The van der Waals surface area contributed by atoms with Crippen molar-refractivity contribution in [2.24, 2.45) is 0 Å². The van der Waals surface area contributed by atoms with Crippen molar-refractivity contribution in [3.8, 4) is 5.75 Å². The molecule has 0 heterocycles. The molecule has 1 N–H and O–H groups in total. The van der Waals surface area contributed by atoms with E-state index in [0.29, 0.717) is 17.9 Å². The molecule has 0 aromatic heterocycles. The topological polar surface area (TPSA) is 96.0 Å². The van der Waals surface area contributed by atoms with Crippen LogP contribution in [0.15, 0.2) is 48.5 Å². The summed E-state index contributed by atoms with van der Waals surface area (Å²) in [5.41, 5.74) is 2.38. The number of carbonyl (C=O) groups is 2. The van der Waals surface area contributed by atoms with E-state index in [0.717, 1.165) is 23.8 Å². The highest BCUT2D eigenvalue weighted by molar-refractivity contribution is 7.92. The third-order valence-electron chi connectivity index (χ3n) is 6.12. The molecule has 9 heteroatoms. The Morgan fingerprint density at radius 3 is 2.31 bits per heavy atom. The average Bonchev–Trinajstić information content (AvgIpc) is 2.84. The van der Waals surface area contributed by atoms with Gasteiger partial charge in [-0.25, -0.2) is 8.42 Å². The van der Waals surface area contributed by atoms with Crippen molar-refractivity contribution in [3.05, 3.63) is 59.7 Å². The van der Waals surface area contributed by atoms with E-state index in [1.807, 2.05) is 57.2 Å². The van der Waals surface area contributed by atoms with E-state index in [-0.39, 0.29) is 37.4 Å². The lowest BCUT2D eigenvalue weighted by Crippen LogP contribution is -2.49. The van der Waals surface area contributed by atoms with Crippen LogP contribution in [0.4, 0.5) is 5.69 Å². The molecule has 0 aliphatic carbocycles. The normalized spacial score (nSPS) is 12.9. The summed E-state index contributed by atoms with van der Waals surface area (Å²) in [5.74, 6) is 0.273. The summed E-state index contributed by atoms with van der Waals surface area (Å²) in [6.07, 6.45) is 2.37. The van der Waals surface area contributed by atoms with Crippen LogP contribution in [-0.2, 0) is 26.2 Å². The molecule has 2 rings (SSSR count). The maximum atomic E-state index is 13.3. The van der Waals surface area contributed by atoms with Crippen molar-refractivity contribution in [2.75, 3.05) is 24.2 Å². The Hall–Kier alpha value is -3.07. The summed E-state index contributed by atoms with van der Waals surface area (Å²) in [4.78, 5) is 27.8. The average molecular weight is 518 g/mol. The number of carbonyl (C=O) groups excluding carboxylic acids is 2. The predicted molar refractivity (Wildman–Crippen MR) is 144 cm³/mol. The zero-order valence-corrected chi connectivity index (χ0v) is 23.0. The first-order valence-corrected chi connectivity index (χ1v) is 14.1. The van der Waals surface area contributed by atoms with Gasteiger partial charge in [-0.3, -0.25) is 13.9 Å². The second-order valence-corrected chi connectivity index (χ2v) is 11.0. The lowest BCUT2D eigenvalue weighted by molar-refractivity contribution is -0.140. The predicted octanol–water partition coefficient (Wildman–Crippen LogP) is 3.88. The van der Waals surface area contributed by atoms with Gasteiger partial charge in [0.2, 0.25) is 21.8 Å². The smallest absolute Gasteiger partial charge is 0.242 e. The molecular weight excluding hydrogens is 478 g/mol. The number of hydrogen-bond acceptors (Lipinski definition) is 5. The first-order chi connectivity index (χ1) is 17.0. The molecule has 0 aliphatic heterocycles. The number of amides is 2. The van der Waals surface area contributed by atoms with Crippen molar-refractivity contribution in [1.82, 2.24) is 10.2 Å². The molecule has 0 fully saturated rings. The summed E-state index contributed by atoms with van der Waals surface area (Å²) in [5, 5.41) is 2.95. The van der Waals surface area contributed by atoms with Gasteiger partial charge in [0.1, 0.15) is 11.8 Å². The molecule has 2 amide bonds. The Kier molecular flexibility index (Phi) is 10.8. The lowest BCUT2D eigenvalue weighted by atomic mass is 10.1. The third kappa shape index (κ3) is 8.55. The summed E-state index contributed by atoms with van der Waals surface area (Å²) in [6, 6.07) is 13.9. The van der Waals surface area contributed by atoms with Crippen molar-refractivity contribution >= 4 is 27.5 Å². The molecule has 8 nitrogen and oxygen atoms in total. The highest BCUT2D eigenvalue weighted by atomic mass is 32.2. The van der Waals surface area contributed by atoms with Crippen LogP contribution in [0, 0.1) is 6.92 Å². The molecule has 2 aromatic carbocycles. The second kappa shape index (κ2) is 13.3. The van der Waals surface area contributed by atoms with Gasteiger partial charge in [0.05, 0.1) is 19.1 Å². The van der Waals surface area contributed by atoms with E-state index in [9.17, 15) is 18.0 Å². The molecule has 36 heavy (non-hydrogen) atoms. The van der Waals surface area contributed by atoms with Crippen LogP contribution in [0.3, 0.4) is 0 Å². The first-order valence-electron chi connectivity index (χ1n) is 12.2. The Bertz CT molecular complexity index is 1120. The largest absolute Gasteiger partial charge is 0.497 e. The van der Waals surface area contributed by atoms with Crippen LogP contribution in [0.5, 0.6) is 5.75 Å². The molecule has 0 saturated carbocycles. The minimum absolute atomic E-state index is 0.00413. The number of methoxy groups -OCH3 is 1. The molecule has 0 aliphatic rings. The fraction of sp³-hybridized carbons (Fsp3) is 0.481. The number of aryl methyl sites for hydroxylation is 1. The maximum absolute atomic E-state index is 13.3. The molecular formula is C27H39N3O5S. The SMILES string of the molecule is CC[C@H](C)NC(=O)[C@@H](C)N(Cc1ccc(OC)cc1)C(=O)CCCN(c1cccc(C)c1)S(C)(=O)=O. The van der Waals surface area contributed by atoms with E-state index in [4.69, 9.17) is 4.74 Å². The quantitative estimate of drug-likeness (QED) is 0.435. The van der Waals surface area contributed by atoms with Gasteiger partial charge in [-0.15, -0.1) is 0 Å². The maximum Gasteiger partial charge on any atom is 0.242 e. The van der Waals surface area contributed by atoms with Crippen molar-refractivity contribution in [2.45, 2.75) is 65.6 Å². The molecule has 0 radical (unpaired) electrons. The number of rotatable bonds is 13. The van der Waals surface area contributed by atoms with Crippen LogP contribution in [0.2, 0.25) is 0 Å². The van der Waals surface area contributed by atoms with Crippen LogP contribution in [-0.4, -0.2) is 57.1 Å². The molecule has 0 unspecified atom stereocenters. The van der Waals surface area contributed by atoms with Crippen molar-refractivity contribution in [3.63, 3.8) is 0 Å². The molecule has 0 saturated heterocycles. The zero-order valence-electron chi connectivity index (χ0n) is 22.2. The van der Waals surface area contributed by atoms with Gasteiger partial charge >= 0.3 is 0 Å². The number of nitrogens with zero attached hydrogens (tertiary/aromatic N) is 2. The summed E-state index contributed by atoms with van der Waals surface area (Å²) < 4.78 is 31.4. The standard InChI is InChI=1S/C27H39N3O5S/c1-7-21(3)28-27(32)22(4)29(19-23-13-15-25(35-5)16-14-23)26(31)12-9-17-30(36(6,33)34)24-11-8-10-20(2)18-24/h8,10-11,13-16,18,21-22H,7,9,12,17,19H2,1-6H3,(H,28,32)/t21-,22+/m0/s1.